The van der Waals surface area contributed by atoms with Gasteiger partial charge in [-0.3, -0.25) is 9.59 Å². The average Bonchev–Trinajstić information content (AvgIpc) is 2.33. The number of ketones is 2. The van der Waals surface area contributed by atoms with Gasteiger partial charge in [-0.15, -0.1) is 0 Å². The van der Waals surface area contributed by atoms with Crippen molar-refractivity contribution < 1.29 is 27.5 Å². The van der Waals surface area contributed by atoms with Crippen molar-refractivity contribution in [3.63, 3.8) is 0 Å². The molecule has 0 aliphatic heterocycles. The first kappa shape index (κ1) is 13.1. The molecule has 3 nitrogen and oxygen atoms in total. The molecule has 1 aliphatic rings. The lowest BCUT2D eigenvalue weighted by Gasteiger charge is -2.10. The molecule has 0 saturated carbocycles. The number of allylic oxidation sites excluding steroid dienone is 3. The van der Waals surface area contributed by atoms with Gasteiger partial charge in [-0.25, -0.2) is 0 Å². The predicted molar refractivity (Wildman–Crippen MR) is 59.3 cm³/mol. The number of alkyl halides is 3. The Morgan fingerprint density at radius 2 is 1.58 bits per heavy atom. The molecule has 0 bridgehead atoms. The largest absolute Gasteiger partial charge is 0.453 e. The van der Waals surface area contributed by atoms with Gasteiger partial charge in [0.05, 0.1) is 5.56 Å². The monoisotopic (exact) mass is 268 g/mol. The van der Waals surface area contributed by atoms with Crippen molar-refractivity contribution in [3.05, 3.63) is 53.8 Å². The lowest BCUT2D eigenvalue weighted by Crippen LogP contribution is -2.12. The Kier molecular flexibility index (Phi) is 3.25. The van der Waals surface area contributed by atoms with Crippen molar-refractivity contribution in [1.82, 2.24) is 0 Å². The van der Waals surface area contributed by atoms with E-state index in [2.05, 4.69) is 0 Å². The van der Waals surface area contributed by atoms with Crippen LogP contribution < -0.4 is 4.74 Å². The molecule has 98 valence electrons. The van der Waals surface area contributed by atoms with Crippen LogP contribution >= 0.6 is 0 Å². The summed E-state index contributed by atoms with van der Waals surface area (Å²) in [5.74, 6) is -1.09. The molecule has 0 heterocycles. The number of halogens is 3. The molecule has 6 heteroatoms. The van der Waals surface area contributed by atoms with Crippen molar-refractivity contribution >= 4 is 11.6 Å². The van der Waals surface area contributed by atoms with Crippen molar-refractivity contribution in [2.75, 3.05) is 0 Å². The minimum atomic E-state index is -4.43. The van der Waals surface area contributed by atoms with Crippen LogP contribution in [0.15, 0.2) is 48.3 Å². The third-order valence-corrected chi connectivity index (χ3v) is 2.32. The minimum absolute atomic E-state index is 0.0516. The number of rotatable bonds is 2. The Hall–Kier alpha value is -2.37. The summed E-state index contributed by atoms with van der Waals surface area (Å²) >= 11 is 0. The highest BCUT2D eigenvalue weighted by Crippen LogP contribution is 2.30. The van der Waals surface area contributed by atoms with Crippen LogP contribution in [0.3, 0.4) is 0 Å². The second-order valence-electron chi connectivity index (χ2n) is 3.73. The van der Waals surface area contributed by atoms with Crippen LogP contribution in [0.1, 0.15) is 5.56 Å². The quantitative estimate of drug-likeness (QED) is 0.774. The second kappa shape index (κ2) is 4.72. The number of carbonyl (C=O) groups is 2. The summed E-state index contributed by atoms with van der Waals surface area (Å²) < 4.78 is 42.1. The summed E-state index contributed by atoms with van der Waals surface area (Å²) in [5.41, 5.74) is -0.820. The maximum atomic E-state index is 12.3. The number of carbonyl (C=O) groups excluding carboxylic acids is 2. The molecule has 0 amide bonds. The van der Waals surface area contributed by atoms with E-state index in [4.69, 9.17) is 4.74 Å². The Balaban J connectivity index is 2.17. The first-order valence-corrected chi connectivity index (χ1v) is 5.19. The Morgan fingerprint density at radius 1 is 0.947 bits per heavy atom. The fourth-order valence-corrected chi connectivity index (χ4v) is 1.41. The van der Waals surface area contributed by atoms with E-state index in [0.717, 1.165) is 42.5 Å². The van der Waals surface area contributed by atoms with Crippen molar-refractivity contribution in [3.8, 4) is 5.75 Å². The van der Waals surface area contributed by atoms with E-state index in [1.54, 1.807) is 0 Å². The number of hydrogen-bond donors (Lipinski definition) is 0. The Morgan fingerprint density at radius 3 is 2.16 bits per heavy atom. The average molecular weight is 268 g/mol. The summed E-state index contributed by atoms with van der Waals surface area (Å²) in [6.07, 6.45) is -1.32. The standard InChI is InChI=1S/C13H7F3O3/c14-13(15,16)8-1-4-10(5-2-8)19-12-7-9(17)3-6-11(12)18/h1-7H. The van der Waals surface area contributed by atoms with Gasteiger partial charge in [-0.2, -0.15) is 13.2 Å². The van der Waals surface area contributed by atoms with Crippen molar-refractivity contribution in [2.24, 2.45) is 0 Å². The number of ether oxygens (including phenoxy) is 1. The van der Waals surface area contributed by atoms with Crippen LogP contribution in [0, 0.1) is 0 Å². The molecule has 1 aliphatic carbocycles. The SMILES string of the molecule is O=C1C=CC(=O)C(Oc2ccc(C(F)(F)F)cc2)=C1. The molecule has 0 spiro atoms. The zero-order chi connectivity index (χ0) is 14.0. The minimum Gasteiger partial charge on any atom is -0.453 e. The summed E-state index contributed by atoms with van der Waals surface area (Å²) in [6, 6.07) is 3.83. The lowest BCUT2D eigenvalue weighted by atomic mass is 10.1. The molecule has 2 rings (SSSR count). The third kappa shape index (κ3) is 3.09. The zero-order valence-corrected chi connectivity index (χ0v) is 9.40. The molecule has 0 saturated heterocycles. The van der Waals surface area contributed by atoms with Crippen LogP contribution in [-0.4, -0.2) is 11.6 Å². The topological polar surface area (TPSA) is 43.4 Å². The number of benzene rings is 1. The van der Waals surface area contributed by atoms with Crippen LogP contribution in [0.5, 0.6) is 5.75 Å². The molecule has 1 aromatic carbocycles. The fraction of sp³-hybridized carbons (Fsp3) is 0.0769. The molecular formula is C13H7F3O3. The van der Waals surface area contributed by atoms with Gasteiger partial charge in [-0.05, 0) is 36.4 Å². The van der Waals surface area contributed by atoms with E-state index in [-0.39, 0.29) is 11.5 Å². The lowest BCUT2D eigenvalue weighted by molar-refractivity contribution is -0.137. The molecule has 0 aromatic heterocycles. The normalized spacial score (nSPS) is 15.4. The van der Waals surface area contributed by atoms with E-state index in [1.807, 2.05) is 0 Å². The Bertz CT molecular complexity index is 580. The summed E-state index contributed by atoms with van der Waals surface area (Å²) in [7, 11) is 0. The smallest absolute Gasteiger partial charge is 0.416 e. The van der Waals surface area contributed by atoms with Gasteiger partial charge < -0.3 is 4.74 Å². The van der Waals surface area contributed by atoms with Crippen LogP contribution in [0.2, 0.25) is 0 Å². The van der Waals surface area contributed by atoms with E-state index < -0.39 is 23.3 Å². The molecule has 1 aromatic rings. The highest BCUT2D eigenvalue weighted by Gasteiger charge is 2.30. The van der Waals surface area contributed by atoms with Gasteiger partial charge in [-0.1, -0.05) is 0 Å². The van der Waals surface area contributed by atoms with E-state index >= 15 is 0 Å². The van der Waals surface area contributed by atoms with Crippen LogP contribution in [-0.2, 0) is 15.8 Å². The highest BCUT2D eigenvalue weighted by atomic mass is 19.4. The molecular weight excluding hydrogens is 261 g/mol. The van der Waals surface area contributed by atoms with E-state index in [9.17, 15) is 22.8 Å². The van der Waals surface area contributed by atoms with E-state index in [1.165, 1.54) is 0 Å². The van der Waals surface area contributed by atoms with Gasteiger partial charge in [0.1, 0.15) is 5.75 Å². The van der Waals surface area contributed by atoms with Crippen molar-refractivity contribution in [1.29, 1.82) is 0 Å². The molecule has 0 atom stereocenters. The van der Waals surface area contributed by atoms with Gasteiger partial charge in [0.2, 0.25) is 5.78 Å². The Labute approximate surface area is 106 Å². The second-order valence-corrected chi connectivity index (χ2v) is 3.73. The third-order valence-electron chi connectivity index (χ3n) is 2.32. The summed E-state index contributed by atoms with van der Waals surface area (Å²) in [6.45, 7) is 0. The van der Waals surface area contributed by atoms with Gasteiger partial charge >= 0.3 is 6.18 Å². The maximum absolute atomic E-state index is 12.3. The predicted octanol–water partition coefficient (Wildman–Crippen LogP) is 2.68. The molecule has 0 N–H and O–H groups in total. The van der Waals surface area contributed by atoms with Gasteiger partial charge in [0, 0.05) is 6.08 Å². The number of hydrogen-bond acceptors (Lipinski definition) is 3. The van der Waals surface area contributed by atoms with Gasteiger partial charge in [0.25, 0.3) is 0 Å². The summed E-state index contributed by atoms with van der Waals surface area (Å²) in [4.78, 5) is 22.4. The van der Waals surface area contributed by atoms with Crippen LogP contribution in [0.4, 0.5) is 13.2 Å². The molecule has 0 fully saturated rings. The van der Waals surface area contributed by atoms with E-state index in [0.29, 0.717) is 0 Å². The highest BCUT2D eigenvalue weighted by molar-refractivity contribution is 6.16. The van der Waals surface area contributed by atoms with Gasteiger partial charge in [0.15, 0.2) is 11.5 Å². The molecule has 0 unspecified atom stereocenters. The molecule has 19 heavy (non-hydrogen) atoms. The zero-order valence-electron chi connectivity index (χ0n) is 9.40. The first-order valence-electron chi connectivity index (χ1n) is 5.19. The van der Waals surface area contributed by atoms with Crippen molar-refractivity contribution in [2.45, 2.75) is 6.18 Å². The first-order chi connectivity index (χ1) is 8.86. The van der Waals surface area contributed by atoms with Crippen LogP contribution in [0.25, 0.3) is 0 Å². The summed E-state index contributed by atoms with van der Waals surface area (Å²) in [5, 5.41) is 0. The molecule has 0 radical (unpaired) electrons. The fourth-order valence-electron chi connectivity index (χ4n) is 1.41. The maximum Gasteiger partial charge on any atom is 0.416 e.